The number of rotatable bonds is 5. The summed E-state index contributed by atoms with van der Waals surface area (Å²) in [6, 6.07) is 12.9. The Labute approximate surface area is 193 Å². The van der Waals surface area contributed by atoms with Gasteiger partial charge in [-0.25, -0.2) is 14.2 Å². The van der Waals surface area contributed by atoms with Crippen molar-refractivity contribution in [2.24, 2.45) is 0 Å². The minimum Gasteiger partial charge on any atom is -0.462 e. The van der Waals surface area contributed by atoms with Crippen molar-refractivity contribution in [1.82, 2.24) is 19.9 Å². The summed E-state index contributed by atoms with van der Waals surface area (Å²) in [4.78, 5) is 30.2. The molecular formula is C25H19FN4O2S. The van der Waals surface area contributed by atoms with Gasteiger partial charge in [-0.05, 0) is 44.2 Å². The molecule has 0 unspecified atom stereocenters. The Morgan fingerprint density at radius 2 is 2.06 bits per heavy atom. The number of hydrogen-bond acceptors (Lipinski definition) is 6. The molecular weight excluding hydrogens is 439 g/mol. The number of pyridine rings is 2. The number of esters is 1. The topological polar surface area (TPSA) is 80.8 Å². The molecule has 0 atom stereocenters. The molecule has 0 aliphatic rings. The van der Waals surface area contributed by atoms with Crippen molar-refractivity contribution in [2.45, 2.75) is 13.8 Å². The number of fused-ring (bicyclic) bond motifs is 1. The molecule has 4 heterocycles. The number of carbonyl (C=O) groups excluding carboxylic acids is 1. The van der Waals surface area contributed by atoms with Crippen LogP contribution in [0.2, 0.25) is 0 Å². The highest BCUT2D eigenvalue weighted by atomic mass is 32.1. The summed E-state index contributed by atoms with van der Waals surface area (Å²) in [5.41, 5.74) is 4.09. The van der Waals surface area contributed by atoms with Crippen LogP contribution in [-0.4, -0.2) is 32.5 Å². The molecule has 0 saturated carbocycles. The van der Waals surface area contributed by atoms with E-state index in [1.807, 2.05) is 43.3 Å². The summed E-state index contributed by atoms with van der Waals surface area (Å²) in [6.07, 6.45) is 4.35. The zero-order valence-electron chi connectivity index (χ0n) is 17.9. The van der Waals surface area contributed by atoms with Crippen LogP contribution in [0.15, 0.2) is 61.1 Å². The third-order valence-corrected chi connectivity index (χ3v) is 6.27. The molecule has 0 spiro atoms. The molecule has 0 amide bonds. The van der Waals surface area contributed by atoms with Gasteiger partial charge in [-0.1, -0.05) is 12.1 Å². The average molecular weight is 459 g/mol. The van der Waals surface area contributed by atoms with Crippen LogP contribution in [0.4, 0.5) is 4.39 Å². The minimum absolute atomic E-state index is 0.210. The number of benzene rings is 1. The Hall–Kier alpha value is -3.91. The molecule has 0 radical (unpaired) electrons. The van der Waals surface area contributed by atoms with Crippen molar-refractivity contribution in [3.8, 4) is 33.2 Å². The predicted octanol–water partition coefficient (Wildman–Crippen LogP) is 6.04. The van der Waals surface area contributed by atoms with E-state index in [2.05, 4.69) is 15.0 Å². The van der Waals surface area contributed by atoms with Gasteiger partial charge in [0.2, 0.25) is 0 Å². The summed E-state index contributed by atoms with van der Waals surface area (Å²) in [7, 11) is 0. The number of H-pyrrole nitrogens is 1. The highest BCUT2D eigenvalue weighted by molar-refractivity contribution is 7.15. The predicted molar refractivity (Wildman–Crippen MR) is 127 cm³/mol. The number of carbonyl (C=O) groups is 1. The maximum atomic E-state index is 14.5. The lowest BCUT2D eigenvalue weighted by Crippen LogP contribution is -2.06. The standard InChI is InChI=1S/C25H19FN4O2S/c1-3-32-25(31)21-17-12-15(22-14(2)33-24(30-22)20-6-4-5-10-28-20)7-8-19(17)29-23(21)16-9-11-27-13-18(16)26/h4-13,29H,3H2,1-2H3. The molecule has 0 aliphatic carbocycles. The number of nitrogens with one attached hydrogen (secondary N) is 1. The van der Waals surface area contributed by atoms with Gasteiger partial charge in [0.15, 0.2) is 5.82 Å². The van der Waals surface area contributed by atoms with E-state index in [1.54, 1.807) is 24.5 Å². The zero-order chi connectivity index (χ0) is 22.9. The molecule has 0 bridgehead atoms. The Kier molecular flexibility index (Phi) is 5.43. The molecule has 1 aromatic carbocycles. The van der Waals surface area contributed by atoms with E-state index in [-0.39, 0.29) is 17.7 Å². The van der Waals surface area contributed by atoms with Crippen LogP contribution in [-0.2, 0) is 4.74 Å². The molecule has 0 fully saturated rings. The summed E-state index contributed by atoms with van der Waals surface area (Å²) < 4.78 is 19.9. The Bertz CT molecular complexity index is 1480. The highest BCUT2D eigenvalue weighted by Crippen LogP contribution is 2.37. The van der Waals surface area contributed by atoms with Gasteiger partial charge in [-0.15, -0.1) is 11.3 Å². The first kappa shape index (κ1) is 21.0. The quantitative estimate of drug-likeness (QED) is 0.325. The van der Waals surface area contributed by atoms with Crippen LogP contribution in [0, 0.1) is 12.7 Å². The number of hydrogen-bond donors (Lipinski definition) is 1. The van der Waals surface area contributed by atoms with Crippen molar-refractivity contribution in [3.63, 3.8) is 0 Å². The lowest BCUT2D eigenvalue weighted by Gasteiger charge is -2.06. The van der Waals surface area contributed by atoms with Crippen LogP contribution in [0.5, 0.6) is 0 Å². The zero-order valence-corrected chi connectivity index (χ0v) is 18.7. The molecule has 0 aliphatic heterocycles. The van der Waals surface area contributed by atoms with E-state index < -0.39 is 11.8 Å². The maximum Gasteiger partial charge on any atom is 0.340 e. The van der Waals surface area contributed by atoms with Crippen LogP contribution in [0.1, 0.15) is 22.2 Å². The van der Waals surface area contributed by atoms with E-state index in [1.165, 1.54) is 12.3 Å². The van der Waals surface area contributed by atoms with Gasteiger partial charge in [-0.3, -0.25) is 9.97 Å². The number of nitrogens with zero attached hydrogens (tertiary/aromatic N) is 3. The second-order valence-corrected chi connectivity index (χ2v) is 8.55. The van der Waals surface area contributed by atoms with E-state index in [0.29, 0.717) is 16.6 Å². The van der Waals surface area contributed by atoms with Crippen molar-refractivity contribution in [3.05, 3.63) is 77.3 Å². The van der Waals surface area contributed by atoms with Crippen LogP contribution in [0.3, 0.4) is 0 Å². The summed E-state index contributed by atoms with van der Waals surface area (Å²) in [5, 5.41) is 1.46. The van der Waals surface area contributed by atoms with E-state index in [9.17, 15) is 9.18 Å². The van der Waals surface area contributed by atoms with Gasteiger partial charge in [0, 0.05) is 39.3 Å². The molecule has 4 aromatic heterocycles. The lowest BCUT2D eigenvalue weighted by atomic mass is 10.0. The molecule has 1 N–H and O–H groups in total. The Morgan fingerprint density at radius 1 is 1.18 bits per heavy atom. The van der Waals surface area contributed by atoms with Crippen molar-refractivity contribution in [1.29, 1.82) is 0 Å². The Balaban J connectivity index is 1.68. The van der Waals surface area contributed by atoms with Gasteiger partial charge < -0.3 is 9.72 Å². The summed E-state index contributed by atoms with van der Waals surface area (Å²) in [6.45, 7) is 3.95. The maximum absolute atomic E-state index is 14.5. The second kappa shape index (κ2) is 8.55. The van der Waals surface area contributed by atoms with Crippen molar-refractivity contribution >= 4 is 28.2 Å². The molecule has 164 valence electrons. The normalized spacial score (nSPS) is 11.1. The smallest absolute Gasteiger partial charge is 0.340 e. The van der Waals surface area contributed by atoms with Crippen LogP contribution < -0.4 is 0 Å². The summed E-state index contributed by atoms with van der Waals surface area (Å²) in [5.74, 6) is -1.04. The SMILES string of the molecule is CCOC(=O)c1c(-c2ccncc2F)[nH]c2ccc(-c3nc(-c4ccccn4)sc3C)cc12. The van der Waals surface area contributed by atoms with E-state index in [0.717, 1.165) is 33.0 Å². The molecule has 6 nitrogen and oxygen atoms in total. The van der Waals surface area contributed by atoms with Crippen LogP contribution in [0.25, 0.3) is 44.1 Å². The van der Waals surface area contributed by atoms with Gasteiger partial charge >= 0.3 is 5.97 Å². The number of aromatic nitrogens is 4. The number of halogens is 1. The number of ether oxygens (including phenoxy) is 1. The summed E-state index contributed by atoms with van der Waals surface area (Å²) >= 11 is 1.56. The Morgan fingerprint density at radius 3 is 2.82 bits per heavy atom. The van der Waals surface area contributed by atoms with Gasteiger partial charge in [0.1, 0.15) is 5.01 Å². The first-order chi connectivity index (χ1) is 16.1. The first-order valence-corrected chi connectivity index (χ1v) is 11.2. The molecule has 33 heavy (non-hydrogen) atoms. The fraction of sp³-hybridized carbons (Fsp3) is 0.120. The van der Waals surface area contributed by atoms with E-state index >= 15 is 0 Å². The van der Waals surface area contributed by atoms with Crippen molar-refractivity contribution in [2.75, 3.05) is 6.61 Å². The van der Waals surface area contributed by atoms with Gasteiger partial charge in [-0.2, -0.15) is 0 Å². The van der Waals surface area contributed by atoms with Crippen LogP contribution >= 0.6 is 11.3 Å². The molecule has 0 saturated heterocycles. The number of aryl methyl sites for hydroxylation is 1. The monoisotopic (exact) mass is 458 g/mol. The third-order valence-electron chi connectivity index (χ3n) is 5.27. The molecule has 5 rings (SSSR count). The van der Waals surface area contributed by atoms with E-state index in [4.69, 9.17) is 9.72 Å². The molecule has 5 aromatic rings. The fourth-order valence-corrected chi connectivity index (χ4v) is 4.71. The molecule has 8 heteroatoms. The minimum atomic E-state index is -0.523. The largest absolute Gasteiger partial charge is 0.462 e. The van der Waals surface area contributed by atoms with Gasteiger partial charge in [0.25, 0.3) is 0 Å². The second-order valence-electron chi connectivity index (χ2n) is 7.35. The highest BCUT2D eigenvalue weighted by Gasteiger charge is 2.24. The number of thiazole rings is 1. The average Bonchev–Trinajstić information content (AvgIpc) is 3.40. The third kappa shape index (κ3) is 3.78. The lowest BCUT2D eigenvalue weighted by molar-refractivity contribution is 0.0529. The fourth-order valence-electron chi connectivity index (χ4n) is 3.80. The first-order valence-electron chi connectivity index (χ1n) is 10.4. The van der Waals surface area contributed by atoms with Gasteiger partial charge in [0.05, 0.1) is 35.4 Å². The number of aromatic amines is 1. The van der Waals surface area contributed by atoms with Crippen molar-refractivity contribution < 1.29 is 13.9 Å².